The van der Waals surface area contributed by atoms with Crippen LogP contribution in [0.2, 0.25) is 0 Å². The average molecular weight is 168 g/mol. The van der Waals surface area contributed by atoms with Crippen LogP contribution in [-0.2, 0) is 0 Å². The van der Waals surface area contributed by atoms with Crippen LogP contribution in [0.25, 0.3) is 0 Å². The van der Waals surface area contributed by atoms with Gasteiger partial charge in [-0.25, -0.2) is 4.99 Å². The number of oxazole rings is 1. The summed E-state index contributed by atoms with van der Waals surface area (Å²) < 4.78 is 7.25. The lowest BCUT2D eigenvalue weighted by Crippen LogP contribution is -2.19. The van der Waals surface area contributed by atoms with Crippen molar-refractivity contribution in [3.05, 3.63) is 18.1 Å². The van der Waals surface area contributed by atoms with Gasteiger partial charge in [-0.3, -0.25) is 4.57 Å². The van der Waals surface area contributed by atoms with Gasteiger partial charge in [0.2, 0.25) is 0 Å². The highest BCUT2D eigenvalue weighted by atomic mass is 16.3. The van der Waals surface area contributed by atoms with Crippen molar-refractivity contribution in [2.75, 3.05) is 0 Å². The van der Waals surface area contributed by atoms with Gasteiger partial charge in [-0.15, -0.1) is 0 Å². The second kappa shape index (κ2) is 3.61. The van der Waals surface area contributed by atoms with Gasteiger partial charge < -0.3 is 4.42 Å². The molecule has 12 heavy (non-hydrogen) atoms. The van der Waals surface area contributed by atoms with Crippen molar-refractivity contribution >= 4 is 0 Å². The molecule has 0 amide bonds. The summed E-state index contributed by atoms with van der Waals surface area (Å²) in [6, 6.07) is 0.683. The Morgan fingerprint density at radius 1 is 1.33 bits per heavy atom. The van der Waals surface area contributed by atoms with Crippen LogP contribution in [0.1, 0.15) is 33.7 Å². The molecular weight excluding hydrogens is 152 g/mol. The number of nitrogens with zero attached hydrogens (tertiary/aromatic N) is 2. The molecule has 0 atom stereocenters. The fourth-order valence-electron chi connectivity index (χ4n) is 0.992. The lowest BCUT2D eigenvalue weighted by atomic mass is 10.4. The zero-order valence-corrected chi connectivity index (χ0v) is 8.11. The van der Waals surface area contributed by atoms with Crippen LogP contribution >= 0.6 is 0 Å². The van der Waals surface area contributed by atoms with Crippen LogP contribution in [0.15, 0.2) is 21.9 Å². The minimum Gasteiger partial charge on any atom is -0.432 e. The molecule has 0 aromatic carbocycles. The lowest BCUT2D eigenvalue weighted by molar-refractivity contribution is 0.426. The van der Waals surface area contributed by atoms with Crippen LogP contribution < -0.4 is 5.68 Å². The predicted octanol–water partition coefficient (Wildman–Crippen LogP) is 1.97. The Morgan fingerprint density at radius 3 is 2.50 bits per heavy atom. The van der Waals surface area contributed by atoms with Gasteiger partial charge in [0.05, 0.1) is 0 Å². The van der Waals surface area contributed by atoms with Gasteiger partial charge in [-0.05, 0) is 27.7 Å². The molecule has 0 N–H and O–H groups in total. The summed E-state index contributed by atoms with van der Waals surface area (Å²) in [5, 5.41) is 0. The van der Waals surface area contributed by atoms with Gasteiger partial charge in [-0.2, -0.15) is 0 Å². The van der Waals surface area contributed by atoms with Crippen molar-refractivity contribution in [3.8, 4) is 0 Å². The molecule has 0 aliphatic heterocycles. The monoisotopic (exact) mass is 168 g/mol. The first-order valence-corrected chi connectivity index (χ1v) is 4.30. The van der Waals surface area contributed by atoms with E-state index < -0.39 is 0 Å². The average Bonchev–Trinajstić information content (AvgIpc) is 2.33. The van der Waals surface area contributed by atoms with Crippen LogP contribution in [-0.4, -0.2) is 10.6 Å². The summed E-state index contributed by atoms with van der Waals surface area (Å²) in [5.74, 6) is 0. The van der Waals surface area contributed by atoms with E-state index >= 15 is 0 Å². The first kappa shape index (κ1) is 9.10. The maximum absolute atomic E-state index is 5.23. The standard InChI is InChI=1S/C9H16N2O/c1-7(2)10-9-11(8(3)4)5-6-12-9/h5-8H,1-4H3/b10-9+. The molecule has 1 aromatic rings. The van der Waals surface area contributed by atoms with Crippen LogP contribution in [0, 0.1) is 0 Å². The third kappa shape index (κ3) is 2.00. The third-order valence-corrected chi connectivity index (χ3v) is 1.54. The summed E-state index contributed by atoms with van der Waals surface area (Å²) in [5.41, 5.74) is 0.708. The van der Waals surface area contributed by atoms with Crippen molar-refractivity contribution in [1.82, 2.24) is 4.57 Å². The van der Waals surface area contributed by atoms with Gasteiger partial charge in [0.15, 0.2) is 0 Å². The van der Waals surface area contributed by atoms with Crippen LogP contribution in [0.3, 0.4) is 0 Å². The normalized spacial score (nSPS) is 13.3. The lowest BCUT2D eigenvalue weighted by Gasteiger charge is -2.04. The molecule has 1 heterocycles. The minimum atomic E-state index is 0.279. The van der Waals surface area contributed by atoms with E-state index in [1.54, 1.807) is 6.26 Å². The van der Waals surface area contributed by atoms with Gasteiger partial charge in [0.1, 0.15) is 6.26 Å². The molecule has 3 heteroatoms. The van der Waals surface area contributed by atoms with Crippen LogP contribution in [0.5, 0.6) is 0 Å². The van der Waals surface area contributed by atoms with Crippen molar-refractivity contribution in [2.24, 2.45) is 4.99 Å². The van der Waals surface area contributed by atoms with Gasteiger partial charge >= 0.3 is 0 Å². The van der Waals surface area contributed by atoms with Gasteiger partial charge in [-0.1, -0.05) is 0 Å². The molecule has 0 fully saturated rings. The molecule has 0 unspecified atom stereocenters. The SMILES string of the molecule is CC(C)/N=c1/occn1C(C)C. The Bertz CT molecular complexity index is 293. The molecule has 0 bridgehead atoms. The Hall–Kier alpha value is -0.990. The van der Waals surface area contributed by atoms with Gasteiger partial charge in [0, 0.05) is 18.3 Å². The van der Waals surface area contributed by atoms with E-state index in [4.69, 9.17) is 4.42 Å². The molecule has 68 valence electrons. The van der Waals surface area contributed by atoms with Crippen molar-refractivity contribution < 1.29 is 4.42 Å². The number of rotatable bonds is 2. The maximum Gasteiger partial charge on any atom is 0.297 e. The highest BCUT2D eigenvalue weighted by molar-refractivity contribution is 4.73. The Morgan fingerprint density at radius 2 is 2.00 bits per heavy atom. The summed E-state index contributed by atoms with van der Waals surface area (Å²) in [6.45, 7) is 8.28. The summed E-state index contributed by atoms with van der Waals surface area (Å²) in [7, 11) is 0. The molecule has 0 saturated heterocycles. The van der Waals surface area contributed by atoms with Crippen molar-refractivity contribution in [2.45, 2.75) is 39.8 Å². The Labute approximate surface area is 72.7 Å². The quantitative estimate of drug-likeness (QED) is 0.664. The molecule has 0 aliphatic rings. The number of hydrogen-bond acceptors (Lipinski definition) is 2. The third-order valence-electron chi connectivity index (χ3n) is 1.54. The van der Waals surface area contributed by atoms with E-state index in [0.29, 0.717) is 11.7 Å². The van der Waals surface area contributed by atoms with E-state index in [9.17, 15) is 0 Å². The smallest absolute Gasteiger partial charge is 0.297 e. The highest BCUT2D eigenvalue weighted by Crippen LogP contribution is 1.98. The molecule has 0 radical (unpaired) electrons. The molecule has 0 saturated carbocycles. The van der Waals surface area contributed by atoms with E-state index in [1.165, 1.54) is 0 Å². The first-order chi connectivity index (χ1) is 5.61. The molecule has 3 nitrogen and oxygen atoms in total. The molecule has 0 spiro atoms. The molecule has 0 aliphatic carbocycles. The fourth-order valence-corrected chi connectivity index (χ4v) is 0.992. The largest absolute Gasteiger partial charge is 0.432 e. The Kier molecular flexibility index (Phi) is 2.74. The fraction of sp³-hybridized carbons (Fsp3) is 0.667. The Balaban J connectivity index is 3.07. The van der Waals surface area contributed by atoms with E-state index in [1.807, 2.05) is 24.6 Å². The maximum atomic E-state index is 5.23. The summed E-state index contributed by atoms with van der Waals surface area (Å²) in [6.07, 6.45) is 3.58. The second-order valence-corrected chi connectivity index (χ2v) is 3.41. The summed E-state index contributed by atoms with van der Waals surface area (Å²) >= 11 is 0. The molecular formula is C9H16N2O. The summed E-state index contributed by atoms with van der Waals surface area (Å²) in [4.78, 5) is 4.34. The van der Waals surface area contributed by atoms with E-state index in [0.717, 1.165) is 0 Å². The topological polar surface area (TPSA) is 30.4 Å². The van der Waals surface area contributed by atoms with Gasteiger partial charge in [0.25, 0.3) is 5.68 Å². The second-order valence-electron chi connectivity index (χ2n) is 3.41. The van der Waals surface area contributed by atoms with Crippen molar-refractivity contribution in [3.63, 3.8) is 0 Å². The zero-order chi connectivity index (χ0) is 9.14. The highest BCUT2D eigenvalue weighted by Gasteiger charge is 2.00. The van der Waals surface area contributed by atoms with Crippen molar-refractivity contribution in [1.29, 1.82) is 0 Å². The first-order valence-electron chi connectivity index (χ1n) is 4.30. The zero-order valence-electron chi connectivity index (χ0n) is 8.11. The number of hydrogen-bond donors (Lipinski definition) is 0. The van der Waals surface area contributed by atoms with Crippen LogP contribution in [0.4, 0.5) is 0 Å². The molecule has 1 aromatic heterocycles. The number of aromatic nitrogens is 1. The predicted molar refractivity (Wildman–Crippen MR) is 47.8 cm³/mol. The minimum absolute atomic E-state index is 0.279. The van der Waals surface area contributed by atoms with E-state index in [-0.39, 0.29) is 6.04 Å². The molecule has 1 rings (SSSR count). The van der Waals surface area contributed by atoms with E-state index in [2.05, 4.69) is 18.8 Å².